The minimum atomic E-state index is -1.04. The quantitative estimate of drug-likeness (QED) is 0.429. The van der Waals surface area contributed by atoms with Gasteiger partial charge in [-0.1, -0.05) is 24.3 Å². The number of benzene rings is 2. The van der Waals surface area contributed by atoms with E-state index in [1.807, 2.05) is 47.9 Å². The summed E-state index contributed by atoms with van der Waals surface area (Å²) in [5.74, 6) is -0.744. The number of nitrogens with zero attached hydrogens (tertiary/aromatic N) is 4. The van der Waals surface area contributed by atoms with Crippen molar-refractivity contribution < 1.29 is 23.5 Å². The van der Waals surface area contributed by atoms with E-state index in [-0.39, 0.29) is 29.7 Å². The molecule has 1 aromatic heterocycles. The molecule has 220 valence electrons. The lowest BCUT2D eigenvalue weighted by molar-refractivity contribution is -0.163. The second-order valence-corrected chi connectivity index (χ2v) is 11.6. The molecule has 1 saturated carbocycles. The van der Waals surface area contributed by atoms with Gasteiger partial charge in [-0.2, -0.15) is 0 Å². The average Bonchev–Trinajstić information content (AvgIpc) is 3.61. The molecule has 2 N–H and O–H groups in total. The highest BCUT2D eigenvalue weighted by Crippen LogP contribution is 2.42. The first-order valence-corrected chi connectivity index (χ1v) is 14.2. The van der Waals surface area contributed by atoms with Crippen LogP contribution >= 0.6 is 0 Å². The number of fused-ring (bicyclic) bond motifs is 2. The predicted molar refractivity (Wildman–Crippen MR) is 154 cm³/mol. The number of imidazole rings is 1. The first-order chi connectivity index (χ1) is 20.2. The van der Waals surface area contributed by atoms with Gasteiger partial charge in [0.2, 0.25) is 5.91 Å². The fraction of sp³-hybridized carbons (Fsp3) is 0.419. The molecule has 0 unspecified atom stereocenters. The van der Waals surface area contributed by atoms with Gasteiger partial charge >= 0.3 is 0 Å². The Morgan fingerprint density at radius 1 is 1.05 bits per heavy atom. The summed E-state index contributed by atoms with van der Waals surface area (Å²) < 4.78 is 20.9. The number of hydrogen-bond donors (Lipinski definition) is 2. The summed E-state index contributed by atoms with van der Waals surface area (Å²) >= 11 is 0. The number of hydrogen-bond acceptors (Lipinski definition) is 6. The lowest BCUT2D eigenvalue weighted by Crippen LogP contribution is -2.63. The third-order valence-corrected chi connectivity index (χ3v) is 8.37. The second kappa shape index (κ2) is 11.0. The Bertz CT molecular complexity index is 1510. The van der Waals surface area contributed by atoms with Crippen molar-refractivity contribution in [2.24, 2.45) is 5.92 Å². The van der Waals surface area contributed by atoms with Crippen molar-refractivity contribution in [2.45, 2.75) is 44.7 Å². The largest absolute Gasteiger partial charge is 0.377 e. The Balaban J connectivity index is 1.12. The van der Waals surface area contributed by atoms with Crippen molar-refractivity contribution in [1.29, 1.82) is 0 Å². The standard InChI is InChI=1S/C31H35FN6O4/c1-19-26-31(17-42-18-31)37(16-21-4-8-22(9-5-21)30(41)36(2)3)12-13-38(26)27(34-19)29(40)33-15-20-6-10-23(11-7-20)35-28(39)24-14-25(24)32/h4-11,24-25H,12-18H2,1-3H3,(H,33,40)(H,35,39)/t24-,25+/m1/s1. The molecular weight excluding hydrogens is 539 g/mol. The smallest absolute Gasteiger partial charge is 0.287 e. The Morgan fingerprint density at radius 2 is 1.71 bits per heavy atom. The van der Waals surface area contributed by atoms with E-state index in [9.17, 15) is 18.8 Å². The van der Waals surface area contributed by atoms with Gasteiger partial charge < -0.3 is 24.8 Å². The molecule has 1 spiro atoms. The number of aromatic nitrogens is 2. The van der Waals surface area contributed by atoms with Crippen LogP contribution in [0.25, 0.3) is 0 Å². The van der Waals surface area contributed by atoms with Gasteiger partial charge in [-0.15, -0.1) is 0 Å². The highest BCUT2D eigenvalue weighted by molar-refractivity contribution is 5.95. The van der Waals surface area contributed by atoms with E-state index in [2.05, 4.69) is 15.5 Å². The van der Waals surface area contributed by atoms with Crippen LogP contribution in [0.2, 0.25) is 0 Å². The molecule has 42 heavy (non-hydrogen) atoms. The van der Waals surface area contributed by atoms with E-state index in [4.69, 9.17) is 9.72 Å². The topological polar surface area (TPSA) is 109 Å². The van der Waals surface area contributed by atoms with Crippen LogP contribution in [0, 0.1) is 12.8 Å². The fourth-order valence-corrected chi connectivity index (χ4v) is 5.85. The van der Waals surface area contributed by atoms with Crippen molar-refractivity contribution in [3.63, 3.8) is 0 Å². The van der Waals surface area contributed by atoms with Gasteiger partial charge in [-0.05, 0) is 48.7 Å². The number of aryl methyl sites for hydroxylation is 1. The third kappa shape index (κ3) is 5.18. The molecule has 2 aliphatic heterocycles. The Kier molecular flexibility index (Phi) is 7.32. The van der Waals surface area contributed by atoms with Gasteiger partial charge in [0.15, 0.2) is 5.82 Å². The van der Waals surface area contributed by atoms with Crippen molar-refractivity contribution in [3.8, 4) is 0 Å². The zero-order valence-electron chi connectivity index (χ0n) is 24.0. The maximum Gasteiger partial charge on any atom is 0.287 e. The van der Waals surface area contributed by atoms with Crippen LogP contribution in [-0.2, 0) is 34.7 Å². The SMILES string of the molecule is Cc1nc(C(=O)NCc2ccc(NC(=O)[C@@H]3C[C@@H]3F)cc2)n2c1C1(COC1)N(Cc1ccc(C(=O)N(C)C)cc1)CC2. The van der Waals surface area contributed by atoms with Gasteiger partial charge in [-0.25, -0.2) is 9.37 Å². The molecule has 2 atom stereocenters. The Morgan fingerprint density at radius 3 is 2.31 bits per heavy atom. The lowest BCUT2D eigenvalue weighted by atomic mass is 9.86. The molecule has 0 radical (unpaired) electrons. The molecule has 10 nitrogen and oxygen atoms in total. The van der Waals surface area contributed by atoms with E-state index >= 15 is 0 Å². The number of ether oxygens (including phenoxy) is 1. The molecular formula is C31H35FN6O4. The molecule has 1 aliphatic carbocycles. The predicted octanol–water partition coefficient (Wildman–Crippen LogP) is 2.86. The molecule has 3 aromatic rings. The van der Waals surface area contributed by atoms with Crippen molar-refractivity contribution in [1.82, 2.24) is 24.7 Å². The van der Waals surface area contributed by atoms with Crippen LogP contribution in [-0.4, -0.2) is 77.1 Å². The number of halogens is 1. The molecule has 0 bridgehead atoms. The van der Waals surface area contributed by atoms with Crippen LogP contribution in [0.1, 0.15) is 49.9 Å². The molecule has 2 aromatic carbocycles. The van der Waals surface area contributed by atoms with Crippen LogP contribution in [0.5, 0.6) is 0 Å². The summed E-state index contributed by atoms with van der Waals surface area (Å²) in [7, 11) is 3.48. The molecule has 6 rings (SSSR count). The Hall–Kier alpha value is -4.09. The highest BCUT2D eigenvalue weighted by Gasteiger charge is 2.51. The van der Waals surface area contributed by atoms with Gasteiger partial charge in [0.05, 0.1) is 30.5 Å². The van der Waals surface area contributed by atoms with E-state index in [0.29, 0.717) is 49.9 Å². The minimum Gasteiger partial charge on any atom is -0.377 e. The number of alkyl halides is 1. The van der Waals surface area contributed by atoms with E-state index < -0.39 is 12.1 Å². The fourth-order valence-electron chi connectivity index (χ4n) is 5.85. The molecule has 3 aliphatic rings. The summed E-state index contributed by atoms with van der Waals surface area (Å²) in [6, 6.07) is 14.9. The molecule has 11 heteroatoms. The first kappa shape index (κ1) is 28.0. The van der Waals surface area contributed by atoms with E-state index in [0.717, 1.165) is 29.1 Å². The summed E-state index contributed by atoms with van der Waals surface area (Å²) in [6.07, 6.45) is -0.752. The maximum atomic E-state index is 13.3. The minimum absolute atomic E-state index is 0.0273. The molecule has 2 fully saturated rings. The van der Waals surface area contributed by atoms with Gasteiger partial charge in [0.1, 0.15) is 11.7 Å². The third-order valence-electron chi connectivity index (χ3n) is 8.37. The summed E-state index contributed by atoms with van der Waals surface area (Å²) in [5.41, 5.74) is 4.68. The number of amides is 3. The van der Waals surface area contributed by atoms with Gasteiger partial charge in [0.25, 0.3) is 11.8 Å². The number of anilines is 1. The molecule has 3 heterocycles. The summed E-state index contributed by atoms with van der Waals surface area (Å²) in [4.78, 5) is 46.2. The maximum absolute atomic E-state index is 13.3. The summed E-state index contributed by atoms with van der Waals surface area (Å²) in [5, 5.41) is 5.70. The Labute approximate surface area is 243 Å². The zero-order valence-corrected chi connectivity index (χ0v) is 24.0. The van der Waals surface area contributed by atoms with Crippen LogP contribution in [0.4, 0.5) is 10.1 Å². The normalized spacial score (nSPS) is 20.4. The molecule has 3 amide bonds. The number of carbonyl (C=O) groups is 3. The molecule has 1 saturated heterocycles. The van der Waals surface area contributed by atoms with E-state index in [1.165, 1.54) is 0 Å². The van der Waals surface area contributed by atoms with Crippen molar-refractivity contribution in [2.75, 3.05) is 39.2 Å². The summed E-state index contributed by atoms with van der Waals surface area (Å²) in [6.45, 7) is 5.32. The number of nitrogens with one attached hydrogen (secondary N) is 2. The number of carbonyl (C=O) groups excluding carboxylic acids is 3. The lowest BCUT2D eigenvalue weighted by Gasteiger charge is -2.52. The average molecular weight is 575 g/mol. The first-order valence-electron chi connectivity index (χ1n) is 14.2. The van der Waals surface area contributed by atoms with Crippen LogP contribution < -0.4 is 10.6 Å². The van der Waals surface area contributed by atoms with Crippen molar-refractivity contribution in [3.05, 3.63) is 82.4 Å². The zero-order chi connectivity index (χ0) is 29.6. The van der Waals surface area contributed by atoms with Gasteiger partial charge in [-0.3, -0.25) is 19.3 Å². The van der Waals surface area contributed by atoms with Crippen LogP contribution in [0.15, 0.2) is 48.5 Å². The monoisotopic (exact) mass is 574 g/mol. The second-order valence-electron chi connectivity index (χ2n) is 11.6. The van der Waals surface area contributed by atoms with Crippen LogP contribution in [0.3, 0.4) is 0 Å². The van der Waals surface area contributed by atoms with Gasteiger partial charge in [0, 0.05) is 51.5 Å². The highest BCUT2D eigenvalue weighted by atomic mass is 19.1. The van der Waals surface area contributed by atoms with Crippen molar-refractivity contribution >= 4 is 23.4 Å². The number of rotatable bonds is 8. The van der Waals surface area contributed by atoms with E-state index in [1.54, 1.807) is 31.1 Å².